The Bertz CT molecular complexity index is 493. The van der Waals surface area contributed by atoms with Gasteiger partial charge in [-0.25, -0.2) is 0 Å². The maximum absolute atomic E-state index is 12.7. The zero-order valence-corrected chi connectivity index (χ0v) is 12.2. The lowest BCUT2D eigenvalue weighted by atomic mass is 9.90. The lowest BCUT2D eigenvalue weighted by molar-refractivity contribution is -0.00430. The Kier molecular flexibility index (Phi) is 4.30. The van der Waals surface area contributed by atoms with Crippen LogP contribution in [-0.2, 0) is 4.74 Å². The van der Waals surface area contributed by atoms with Crippen LogP contribution in [0.15, 0.2) is 18.2 Å². The molecule has 0 amide bonds. The van der Waals surface area contributed by atoms with Gasteiger partial charge in [-0.3, -0.25) is 9.69 Å². The van der Waals surface area contributed by atoms with Crippen LogP contribution in [-0.4, -0.2) is 54.7 Å². The van der Waals surface area contributed by atoms with Crippen LogP contribution in [0, 0.1) is 0 Å². The average Bonchev–Trinajstić information content (AvgIpc) is 2.48. The van der Waals surface area contributed by atoms with E-state index in [2.05, 4.69) is 4.90 Å². The van der Waals surface area contributed by atoms with Crippen LogP contribution < -0.4 is 4.74 Å². The van der Waals surface area contributed by atoms with Crippen molar-refractivity contribution in [2.24, 2.45) is 0 Å². The standard InChI is InChI=1S/C15H21NO4/c1-15(2,16-6-8-20-9-7-16)14(18)11-4-5-12(17)13(10-11)19-3/h4-5,10,17H,6-9H2,1-3H3. The summed E-state index contributed by atoms with van der Waals surface area (Å²) in [5, 5.41) is 9.61. The van der Waals surface area contributed by atoms with E-state index in [1.165, 1.54) is 13.2 Å². The molecule has 1 aromatic rings. The SMILES string of the molecule is COc1cc(C(=O)C(C)(C)N2CCOCC2)ccc1O. The van der Waals surface area contributed by atoms with E-state index in [1.807, 2.05) is 13.8 Å². The molecular weight excluding hydrogens is 258 g/mol. The summed E-state index contributed by atoms with van der Waals surface area (Å²) in [4.78, 5) is 14.8. The van der Waals surface area contributed by atoms with Crippen molar-refractivity contribution in [3.8, 4) is 11.5 Å². The Hall–Kier alpha value is -1.59. The van der Waals surface area contributed by atoms with Gasteiger partial charge in [0.1, 0.15) is 0 Å². The van der Waals surface area contributed by atoms with Gasteiger partial charge in [-0.05, 0) is 32.0 Å². The van der Waals surface area contributed by atoms with Crippen molar-refractivity contribution in [2.45, 2.75) is 19.4 Å². The molecule has 1 aliphatic rings. The number of rotatable bonds is 4. The van der Waals surface area contributed by atoms with Crippen molar-refractivity contribution in [3.05, 3.63) is 23.8 Å². The van der Waals surface area contributed by atoms with Gasteiger partial charge in [0.2, 0.25) is 0 Å². The van der Waals surface area contributed by atoms with Gasteiger partial charge in [0.15, 0.2) is 17.3 Å². The summed E-state index contributed by atoms with van der Waals surface area (Å²) in [7, 11) is 1.47. The average molecular weight is 279 g/mol. The second-order valence-corrected chi connectivity index (χ2v) is 5.37. The van der Waals surface area contributed by atoms with Gasteiger partial charge in [0, 0.05) is 18.7 Å². The first-order chi connectivity index (χ1) is 9.46. The molecule has 5 nitrogen and oxygen atoms in total. The van der Waals surface area contributed by atoms with Gasteiger partial charge < -0.3 is 14.6 Å². The van der Waals surface area contributed by atoms with Crippen LogP contribution >= 0.6 is 0 Å². The molecule has 1 N–H and O–H groups in total. The van der Waals surface area contributed by atoms with Crippen molar-refractivity contribution in [1.82, 2.24) is 4.90 Å². The van der Waals surface area contributed by atoms with Crippen LogP contribution in [0.2, 0.25) is 0 Å². The molecule has 2 rings (SSSR count). The van der Waals surface area contributed by atoms with Crippen molar-refractivity contribution < 1.29 is 19.4 Å². The first-order valence-electron chi connectivity index (χ1n) is 6.71. The van der Waals surface area contributed by atoms with E-state index in [4.69, 9.17) is 9.47 Å². The number of methoxy groups -OCH3 is 1. The number of hydrogen-bond acceptors (Lipinski definition) is 5. The number of Topliss-reactive ketones (excluding diaryl/α,β-unsaturated/α-hetero) is 1. The predicted molar refractivity (Wildman–Crippen MR) is 75.5 cm³/mol. The van der Waals surface area contributed by atoms with E-state index in [9.17, 15) is 9.90 Å². The number of ether oxygens (including phenoxy) is 2. The Balaban J connectivity index is 2.24. The Labute approximate surface area is 119 Å². The maximum Gasteiger partial charge on any atom is 0.182 e. The Morgan fingerprint density at radius 3 is 2.60 bits per heavy atom. The van der Waals surface area contributed by atoms with Crippen molar-refractivity contribution in [1.29, 1.82) is 0 Å². The van der Waals surface area contributed by atoms with Crippen LogP contribution in [0.3, 0.4) is 0 Å². The number of phenols is 1. The minimum Gasteiger partial charge on any atom is -0.504 e. The number of carbonyl (C=O) groups is 1. The number of phenolic OH excluding ortho intramolecular Hbond substituents is 1. The van der Waals surface area contributed by atoms with Gasteiger partial charge in [-0.1, -0.05) is 0 Å². The van der Waals surface area contributed by atoms with Crippen molar-refractivity contribution in [2.75, 3.05) is 33.4 Å². The fourth-order valence-corrected chi connectivity index (χ4v) is 2.44. The molecule has 1 fully saturated rings. The number of aromatic hydroxyl groups is 1. The molecule has 0 spiro atoms. The monoisotopic (exact) mass is 279 g/mol. The molecule has 0 unspecified atom stereocenters. The lowest BCUT2D eigenvalue weighted by Gasteiger charge is -2.39. The summed E-state index contributed by atoms with van der Waals surface area (Å²) in [5.74, 6) is 0.361. The fraction of sp³-hybridized carbons (Fsp3) is 0.533. The number of benzene rings is 1. The molecule has 20 heavy (non-hydrogen) atoms. The number of morpholine rings is 1. The Morgan fingerprint density at radius 1 is 1.35 bits per heavy atom. The van der Waals surface area contributed by atoms with Gasteiger partial charge in [-0.2, -0.15) is 0 Å². The molecule has 0 aliphatic carbocycles. The zero-order valence-electron chi connectivity index (χ0n) is 12.2. The second-order valence-electron chi connectivity index (χ2n) is 5.37. The molecule has 1 heterocycles. The first kappa shape index (κ1) is 14.8. The van der Waals surface area contributed by atoms with Crippen molar-refractivity contribution >= 4 is 5.78 Å². The predicted octanol–water partition coefficient (Wildman–Crippen LogP) is 1.69. The number of carbonyl (C=O) groups excluding carboxylic acids is 1. The van der Waals surface area contributed by atoms with E-state index >= 15 is 0 Å². The molecular formula is C15H21NO4. The van der Waals surface area contributed by atoms with E-state index in [-0.39, 0.29) is 11.5 Å². The number of hydrogen-bond donors (Lipinski definition) is 1. The zero-order chi connectivity index (χ0) is 14.8. The molecule has 1 saturated heterocycles. The van der Waals surface area contributed by atoms with Crippen LogP contribution in [0.5, 0.6) is 11.5 Å². The number of ketones is 1. The Morgan fingerprint density at radius 2 is 2.00 bits per heavy atom. The molecule has 5 heteroatoms. The second kappa shape index (κ2) is 5.81. The molecule has 0 aromatic heterocycles. The van der Waals surface area contributed by atoms with Crippen LogP contribution in [0.4, 0.5) is 0 Å². The normalized spacial score (nSPS) is 16.9. The van der Waals surface area contributed by atoms with Crippen LogP contribution in [0.1, 0.15) is 24.2 Å². The number of nitrogens with zero attached hydrogens (tertiary/aromatic N) is 1. The highest BCUT2D eigenvalue weighted by Gasteiger charge is 2.36. The molecule has 1 aliphatic heterocycles. The maximum atomic E-state index is 12.7. The highest BCUT2D eigenvalue weighted by atomic mass is 16.5. The summed E-state index contributed by atoms with van der Waals surface area (Å²) in [6.45, 7) is 6.62. The summed E-state index contributed by atoms with van der Waals surface area (Å²) in [6, 6.07) is 4.70. The lowest BCUT2D eigenvalue weighted by Crippen LogP contribution is -2.54. The molecule has 0 atom stereocenters. The molecule has 0 bridgehead atoms. The molecule has 110 valence electrons. The van der Waals surface area contributed by atoms with E-state index < -0.39 is 5.54 Å². The highest BCUT2D eigenvalue weighted by Crippen LogP contribution is 2.29. The quantitative estimate of drug-likeness (QED) is 0.850. The smallest absolute Gasteiger partial charge is 0.182 e. The summed E-state index contributed by atoms with van der Waals surface area (Å²) in [6.07, 6.45) is 0. The van der Waals surface area contributed by atoms with E-state index in [0.29, 0.717) is 24.5 Å². The summed E-state index contributed by atoms with van der Waals surface area (Å²) in [5.41, 5.74) is -0.0673. The molecule has 1 aromatic carbocycles. The van der Waals surface area contributed by atoms with Gasteiger partial charge in [0.25, 0.3) is 0 Å². The highest BCUT2D eigenvalue weighted by molar-refractivity contribution is 6.03. The van der Waals surface area contributed by atoms with E-state index in [1.54, 1.807) is 12.1 Å². The van der Waals surface area contributed by atoms with Gasteiger partial charge in [0.05, 0.1) is 25.9 Å². The van der Waals surface area contributed by atoms with Gasteiger partial charge in [-0.15, -0.1) is 0 Å². The molecule has 0 saturated carbocycles. The summed E-state index contributed by atoms with van der Waals surface area (Å²) >= 11 is 0. The first-order valence-corrected chi connectivity index (χ1v) is 6.71. The summed E-state index contributed by atoms with van der Waals surface area (Å²) < 4.78 is 10.4. The minimum absolute atomic E-state index is 0.0118. The fourth-order valence-electron chi connectivity index (χ4n) is 2.44. The third kappa shape index (κ3) is 2.78. The topological polar surface area (TPSA) is 59.0 Å². The van der Waals surface area contributed by atoms with Crippen molar-refractivity contribution in [3.63, 3.8) is 0 Å². The third-order valence-corrected chi connectivity index (χ3v) is 3.80. The molecule has 0 radical (unpaired) electrons. The van der Waals surface area contributed by atoms with E-state index in [0.717, 1.165) is 13.1 Å². The van der Waals surface area contributed by atoms with Crippen LogP contribution in [0.25, 0.3) is 0 Å². The van der Waals surface area contributed by atoms with Gasteiger partial charge >= 0.3 is 0 Å². The third-order valence-electron chi connectivity index (χ3n) is 3.80. The minimum atomic E-state index is -0.605. The largest absolute Gasteiger partial charge is 0.504 e.